The fourth-order valence-electron chi connectivity index (χ4n) is 4.85. The van der Waals surface area contributed by atoms with E-state index in [9.17, 15) is 31.2 Å². The minimum Gasteiger partial charge on any atom is -0.467 e. The van der Waals surface area contributed by atoms with E-state index in [0.717, 1.165) is 18.1 Å². The highest BCUT2D eigenvalue weighted by Gasteiger charge is 2.42. The van der Waals surface area contributed by atoms with Crippen LogP contribution in [0.2, 0.25) is 0 Å². The number of likely N-dealkylation sites (tertiary alicyclic amines) is 1. The van der Waals surface area contributed by atoms with Crippen LogP contribution in [0.3, 0.4) is 0 Å². The van der Waals surface area contributed by atoms with Crippen molar-refractivity contribution >= 4 is 44.3 Å². The Morgan fingerprint density at radius 3 is 2.60 bits per heavy atom. The Morgan fingerprint density at radius 2 is 1.98 bits per heavy atom. The second kappa shape index (κ2) is 11.6. The fraction of sp³-hybridized carbons (Fsp3) is 0.385. The Bertz CT molecular complexity index is 1630. The number of nitrogen functional groups attached to an aromatic ring is 1. The zero-order chi connectivity index (χ0) is 31.0. The number of pyridine rings is 2. The van der Waals surface area contributed by atoms with Gasteiger partial charge in [0, 0.05) is 44.8 Å². The van der Waals surface area contributed by atoms with Crippen molar-refractivity contribution in [1.82, 2.24) is 19.6 Å². The highest BCUT2D eigenvalue weighted by Crippen LogP contribution is 2.34. The molecule has 1 amide bonds. The lowest BCUT2D eigenvalue weighted by atomic mass is 10.00. The lowest BCUT2D eigenvalue weighted by molar-refractivity contribution is -0.274. The van der Waals surface area contributed by atoms with E-state index in [2.05, 4.69) is 19.4 Å². The van der Waals surface area contributed by atoms with Crippen molar-refractivity contribution in [2.45, 2.75) is 43.1 Å². The van der Waals surface area contributed by atoms with Crippen LogP contribution in [0.5, 0.6) is 5.75 Å². The van der Waals surface area contributed by atoms with Gasteiger partial charge in [0.1, 0.15) is 34.4 Å². The number of fused-ring (bicyclic) bond motifs is 1. The van der Waals surface area contributed by atoms with Crippen molar-refractivity contribution in [2.75, 3.05) is 38.4 Å². The molecular formula is C26H29F3N6O6S. The minimum atomic E-state index is -5.06. The second-order valence-electron chi connectivity index (χ2n) is 9.87. The molecule has 0 bridgehead atoms. The number of aromatic nitrogens is 2. The van der Waals surface area contributed by atoms with E-state index in [1.807, 2.05) is 0 Å². The van der Waals surface area contributed by atoms with Gasteiger partial charge in [-0.3, -0.25) is 4.79 Å². The summed E-state index contributed by atoms with van der Waals surface area (Å²) in [6.45, 7) is 1.63. The molecule has 226 valence electrons. The summed E-state index contributed by atoms with van der Waals surface area (Å²) in [6.07, 6.45) is -2.94. The monoisotopic (exact) mass is 610 g/mol. The van der Waals surface area contributed by atoms with E-state index in [0.29, 0.717) is 16.8 Å². The Balaban J connectivity index is 1.62. The number of esters is 1. The van der Waals surface area contributed by atoms with E-state index >= 15 is 0 Å². The molecule has 12 nitrogen and oxygen atoms in total. The third-order valence-corrected chi connectivity index (χ3v) is 8.20. The summed E-state index contributed by atoms with van der Waals surface area (Å²) in [4.78, 5) is 36.9. The number of hydrogen-bond donors (Lipinski definition) is 2. The van der Waals surface area contributed by atoms with Gasteiger partial charge in [0.05, 0.1) is 7.11 Å². The van der Waals surface area contributed by atoms with Gasteiger partial charge in [-0.05, 0) is 54.1 Å². The number of methoxy groups -OCH3 is 1. The van der Waals surface area contributed by atoms with E-state index in [4.69, 9.17) is 10.5 Å². The lowest BCUT2D eigenvalue weighted by Gasteiger charge is -2.27. The number of carbonyl (C=O) groups excluding carboxylic acids is 2. The van der Waals surface area contributed by atoms with Gasteiger partial charge in [0.25, 0.3) is 0 Å². The molecule has 0 spiro atoms. The van der Waals surface area contributed by atoms with Crippen LogP contribution < -0.4 is 20.1 Å². The molecule has 1 fully saturated rings. The smallest absolute Gasteiger partial charge is 0.467 e. The topological polar surface area (TPSA) is 157 Å². The summed E-state index contributed by atoms with van der Waals surface area (Å²) in [6, 6.07) is 2.75. The van der Waals surface area contributed by atoms with Crippen molar-refractivity contribution in [1.29, 1.82) is 0 Å². The van der Waals surface area contributed by atoms with E-state index in [-0.39, 0.29) is 34.6 Å². The summed E-state index contributed by atoms with van der Waals surface area (Å²) < 4.78 is 77.5. The van der Waals surface area contributed by atoms with Crippen LogP contribution in [0.1, 0.15) is 17.5 Å². The Morgan fingerprint density at radius 1 is 1.26 bits per heavy atom. The van der Waals surface area contributed by atoms with Crippen molar-refractivity contribution in [3.05, 3.63) is 47.8 Å². The minimum absolute atomic E-state index is 0.000415. The van der Waals surface area contributed by atoms with Gasteiger partial charge < -0.3 is 25.0 Å². The van der Waals surface area contributed by atoms with Crippen molar-refractivity contribution in [2.24, 2.45) is 0 Å². The fourth-order valence-corrected chi connectivity index (χ4v) is 6.10. The van der Waals surface area contributed by atoms with Gasteiger partial charge in [0.2, 0.25) is 15.9 Å². The first-order chi connectivity index (χ1) is 19.6. The number of amides is 1. The average molecular weight is 611 g/mol. The molecule has 3 aromatic rings. The molecule has 1 aromatic carbocycles. The molecule has 0 aliphatic carbocycles. The number of nitrogens with two attached hydrogens (primary N) is 1. The number of nitrogens with one attached hydrogen (secondary N) is 1. The number of halogens is 3. The third kappa shape index (κ3) is 6.49. The Labute approximate surface area is 239 Å². The summed E-state index contributed by atoms with van der Waals surface area (Å²) in [5, 5.41) is 0.628. The third-order valence-electron chi connectivity index (χ3n) is 6.76. The van der Waals surface area contributed by atoms with Crippen molar-refractivity contribution < 1.29 is 40.7 Å². The number of nitrogens with zero attached hydrogens (tertiary/aromatic N) is 4. The van der Waals surface area contributed by atoms with Crippen molar-refractivity contribution in [3.63, 3.8) is 0 Å². The molecule has 4 rings (SSSR count). The largest absolute Gasteiger partial charge is 0.573 e. The molecule has 1 aliphatic heterocycles. The van der Waals surface area contributed by atoms with E-state index in [1.54, 1.807) is 25.9 Å². The zero-order valence-corrected chi connectivity index (χ0v) is 23.9. The Hall–Kier alpha value is -4.18. The predicted molar refractivity (Wildman–Crippen MR) is 146 cm³/mol. The molecule has 3 N–H and O–H groups in total. The molecule has 0 saturated carbocycles. The number of alkyl halides is 3. The number of anilines is 2. The number of benzene rings is 1. The van der Waals surface area contributed by atoms with E-state index < -0.39 is 52.5 Å². The summed E-state index contributed by atoms with van der Waals surface area (Å²) in [5.74, 6) is -1.73. The van der Waals surface area contributed by atoms with Gasteiger partial charge in [-0.25, -0.2) is 23.2 Å². The molecule has 2 aromatic heterocycles. The molecule has 2 atom stereocenters. The average Bonchev–Trinajstić information content (AvgIpc) is 3.25. The SMILES string of the molecule is COC(=O)[C@@H](Cc1cc2ccnc(N)c2cc1OC(F)(F)F)N1CC[C@H](NS(=O)(=O)c2cnc(N(C)C)c(C)c2)C1=O. The Kier molecular flexibility index (Phi) is 8.50. The maximum atomic E-state index is 13.4. The number of carbonyl (C=O) groups is 2. The summed E-state index contributed by atoms with van der Waals surface area (Å²) >= 11 is 0. The normalized spacial score (nSPS) is 16.5. The standard InChI is InChI=1S/C26H29F3N6O6S/c1-14-9-17(13-32-23(14)34(2)3)42(38,39)33-19-6-8-35(24(19)36)20(25(37)40-4)11-16-10-15-5-7-31-22(30)18(15)12-21(16)41-26(27,28)29/h5,7,9-10,12-13,19-20,33H,6,8,11H2,1-4H3,(H2,30,31)/t19-,20+/m0/s1. The number of ether oxygens (including phenoxy) is 2. The highest BCUT2D eigenvalue weighted by atomic mass is 32.2. The first-order valence-corrected chi connectivity index (χ1v) is 14.1. The van der Waals surface area contributed by atoms with Gasteiger partial charge in [-0.2, -0.15) is 4.72 Å². The molecule has 0 radical (unpaired) electrons. The maximum Gasteiger partial charge on any atom is 0.573 e. The second-order valence-corrected chi connectivity index (χ2v) is 11.6. The molecular weight excluding hydrogens is 581 g/mol. The zero-order valence-electron chi connectivity index (χ0n) is 23.1. The summed E-state index contributed by atoms with van der Waals surface area (Å²) in [7, 11) is 0.400. The number of sulfonamides is 1. The lowest BCUT2D eigenvalue weighted by Crippen LogP contribution is -2.48. The van der Waals surface area contributed by atoms with Gasteiger partial charge in [0.15, 0.2) is 0 Å². The molecule has 16 heteroatoms. The quantitative estimate of drug-likeness (QED) is 0.344. The first-order valence-electron chi connectivity index (χ1n) is 12.6. The van der Waals surface area contributed by atoms with Gasteiger partial charge in [-0.1, -0.05) is 0 Å². The molecule has 1 aliphatic rings. The highest BCUT2D eigenvalue weighted by molar-refractivity contribution is 7.89. The van der Waals surface area contributed by atoms with Crippen LogP contribution in [0, 0.1) is 6.92 Å². The van der Waals surface area contributed by atoms with Crippen LogP contribution in [0.25, 0.3) is 10.8 Å². The number of hydrogen-bond acceptors (Lipinski definition) is 10. The molecule has 0 unspecified atom stereocenters. The number of aryl methyl sites for hydroxylation is 1. The van der Waals surface area contributed by atoms with E-state index in [1.165, 1.54) is 30.6 Å². The van der Waals surface area contributed by atoms with Crippen LogP contribution >= 0.6 is 0 Å². The van der Waals surface area contributed by atoms with Crippen molar-refractivity contribution in [3.8, 4) is 5.75 Å². The maximum absolute atomic E-state index is 13.4. The van der Waals surface area contributed by atoms with Crippen LogP contribution in [0.4, 0.5) is 24.8 Å². The van der Waals surface area contributed by atoms with Crippen LogP contribution in [0.15, 0.2) is 41.6 Å². The molecule has 3 heterocycles. The molecule has 42 heavy (non-hydrogen) atoms. The van der Waals surface area contributed by atoms with Gasteiger partial charge in [-0.15, -0.1) is 13.2 Å². The number of rotatable bonds is 9. The predicted octanol–water partition coefficient (Wildman–Crippen LogP) is 2.15. The van der Waals surface area contributed by atoms with Gasteiger partial charge >= 0.3 is 12.3 Å². The summed E-state index contributed by atoms with van der Waals surface area (Å²) in [5.41, 5.74) is 6.37. The van der Waals surface area contributed by atoms with Crippen LogP contribution in [-0.2, 0) is 30.8 Å². The molecule has 1 saturated heterocycles. The first kappa shape index (κ1) is 30.8. The van der Waals surface area contributed by atoms with Crippen LogP contribution in [-0.4, -0.2) is 81.4 Å².